The number of phenols is 1. The second kappa shape index (κ2) is 7.12. The molecule has 3 nitrogen and oxygen atoms in total. The molecule has 134 valence electrons. The molecule has 3 heteroatoms. The molecule has 0 aliphatic rings. The predicted octanol–water partition coefficient (Wildman–Crippen LogP) is 5.76. The number of fused-ring (bicyclic) bond motifs is 1. The average molecular weight is 354 g/mol. The van der Waals surface area contributed by atoms with Crippen molar-refractivity contribution in [2.75, 3.05) is 5.32 Å². The van der Waals surface area contributed by atoms with Crippen molar-refractivity contribution in [3.05, 3.63) is 101 Å². The number of rotatable bonds is 4. The summed E-state index contributed by atoms with van der Waals surface area (Å²) in [6.45, 7) is 4.01. The van der Waals surface area contributed by atoms with E-state index in [1.165, 1.54) is 5.56 Å². The second-order valence-electron chi connectivity index (χ2n) is 6.88. The summed E-state index contributed by atoms with van der Waals surface area (Å²) in [6, 6.07) is 26.2. The van der Waals surface area contributed by atoms with Gasteiger partial charge in [-0.1, -0.05) is 66.2 Å². The van der Waals surface area contributed by atoms with Crippen LogP contribution in [0.15, 0.2) is 78.9 Å². The molecule has 1 heterocycles. The lowest BCUT2D eigenvalue weighted by Crippen LogP contribution is -2.13. The van der Waals surface area contributed by atoms with E-state index in [0.29, 0.717) is 5.52 Å². The zero-order valence-electron chi connectivity index (χ0n) is 15.5. The lowest BCUT2D eigenvalue weighted by Gasteiger charge is -2.22. The molecule has 3 aromatic carbocycles. The number of aromatic hydroxyl groups is 1. The third-order valence-electron chi connectivity index (χ3n) is 4.81. The average Bonchev–Trinajstić information content (AvgIpc) is 2.69. The van der Waals surface area contributed by atoms with E-state index in [9.17, 15) is 5.11 Å². The minimum Gasteiger partial charge on any atom is -0.505 e. The lowest BCUT2D eigenvalue weighted by molar-refractivity contribution is 0.471. The van der Waals surface area contributed by atoms with E-state index in [-0.39, 0.29) is 11.8 Å². The number of hydrogen-bond acceptors (Lipinski definition) is 3. The fourth-order valence-electron chi connectivity index (χ4n) is 3.32. The van der Waals surface area contributed by atoms with Crippen LogP contribution in [0.25, 0.3) is 10.9 Å². The number of nitrogens with zero attached hydrogens (tertiary/aromatic N) is 1. The van der Waals surface area contributed by atoms with Gasteiger partial charge in [0.25, 0.3) is 0 Å². The zero-order valence-corrected chi connectivity index (χ0v) is 15.5. The van der Waals surface area contributed by atoms with E-state index < -0.39 is 0 Å². The van der Waals surface area contributed by atoms with E-state index >= 15 is 0 Å². The Morgan fingerprint density at radius 3 is 2.26 bits per heavy atom. The smallest absolute Gasteiger partial charge is 0.147 e. The summed E-state index contributed by atoms with van der Waals surface area (Å²) in [4.78, 5) is 4.55. The van der Waals surface area contributed by atoms with E-state index in [2.05, 4.69) is 53.6 Å². The monoisotopic (exact) mass is 354 g/mol. The lowest BCUT2D eigenvalue weighted by atomic mass is 9.96. The molecule has 0 spiro atoms. The maximum atomic E-state index is 11.0. The van der Waals surface area contributed by atoms with Gasteiger partial charge in [-0.15, -0.1) is 0 Å². The molecule has 0 fully saturated rings. The van der Waals surface area contributed by atoms with Gasteiger partial charge in [0.15, 0.2) is 0 Å². The number of aromatic nitrogens is 1. The van der Waals surface area contributed by atoms with Gasteiger partial charge < -0.3 is 10.4 Å². The Bertz CT molecular complexity index is 1070. The quantitative estimate of drug-likeness (QED) is 0.490. The maximum absolute atomic E-state index is 11.0. The minimum atomic E-state index is -0.180. The van der Waals surface area contributed by atoms with Gasteiger partial charge in [-0.25, -0.2) is 4.98 Å². The summed E-state index contributed by atoms with van der Waals surface area (Å²) in [5.41, 5.74) is 5.64. The van der Waals surface area contributed by atoms with Gasteiger partial charge in [-0.2, -0.15) is 0 Å². The molecule has 0 saturated carbocycles. The summed E-state index contributed by atoms with van der Waals surface area (Å²) in [5.74, 6) is 0.227. The molecule has 27 heavy (non-hydrogen) atoms. The first kappa shape index (κ1) is 17.1. The van der Waals surface area contributed by atoms with Gasteiger partial charge in [0, 0.05) is 22.3 Å². The number of benzene rings is 3. The molecule has 0 aliphatic heterocycles. The van der Waals surface area contributed by atoms with Crippen molar-refractivity contribution in [1.82, 2.24) is 4.98 Å². The molecule has 2 N–H and O–H groups in total. The largest absolute Gasteiger partial charge is 0.505 e. The van der Waals surface area contributed by atoms with Crippen molar-refractivity contribution < 1.29 is 5.11 Å². The van der Waals surface area contributed by atoms with Crippen LogP contribution in [0.3, 0.4) is 0 Å². The molecular formula is C24H22N2O. The Morgan fingerprint density at radius 1 is 0.815 bits per heavy atom. The highest BCUT2D eigenvalue weighted by Gasteiger charge is 2.20. The minimum absolute atomic E-state index is 0.180. The molecule has 4 aromatic rings. The Kier molecular flexibility index (Phi) is 4.51. The number of aryl methyl sites for hydroxylation is 2. The Labute approximate surface area is 159 Å². The highest BCUT2D eigenvalue weighted by molar-refractivity contribution is 5.86. The van der Waals surface area contributed by atoms with Crippen LogP contribution in [0.4, 0.5) is 5.69 Å². The van der Waals surface area contributed by atoms with E-state index in [0.717, 1.165) is 27.9 Å². The third kappa shape index (κ3) is 3.49. The molecule has 1 aromatic heterocycles. The molecule has 1 unspecified atom stereocenters. The molecule has 0 radical (unpaired) electrons. The zero-order chi connectivity index (χ0) is 18.8. The van der Waals surface area contributed by atoms with Crippen LogP contribution in [-0.4, -0.2) is 10.1 Å². The number of anilines is 1. The normalized spacial score (nSPS) is 12.1. The van der Waals surface area contributed by atoms with Crippen LogP contribution in [0.2, 0.25) is 0 Å². The predicted molar refractivity (Wildman–Crippen MR) is 111 cm³/mol. The second-order valence-corrected chi connectivity index (χ2v) is 6.88. The number of nitrogens with one attached hydrogen (secondary N) is 1. The van der Waals surface area contributed by atoms with Crippen molar-refractivity contribution >= 4 is 16.6 Å². The molecular weight excluding hydrogens is 332 g/mol. The summed E-state index contributed by atoms with van der Waals surface area (Å²) < 4.78 is 0. The fraction of sp³-hybridized carbons (Fsp3) is 0.125. The summed E-state index contributed by atoms with van der Waals surface area (Å²) >= 11 is 0. The maximum Gasteiger partial charge on any atom is 0.147 e. The van der Waals surface area contributed by atoms with Gasteiger partial charge in [0.05, 0.1) is 6.04 Å². The van der Waals surface area contributed by atoms with Gasteiger partial charge in [0.1, 0.15) is 11.3 Å². The standard InChI is InChI=1S/C24H22N2O/c1-16-8-13-20(14-9-16)26-22(18-6-4-3-5-7-18)21-15-12-19-11-10-17(2)25-23(19)24(21)27/h3-15,22,26-27H,1-2H3. The van der Waals surface area contributed by atoms with Gasteiger partial charge in [-0.3, -0.25) is 0 Å². The first-order valence-electron chi connectivity index (χ1n) is 9.09. The van der Waals surface area contributed by atoms with Crippen LogP contribution in [0, 0.1) is 13.8 Å². The van der Waals surface area contributed by atoms with Crippen molar-refractivity contribution in [3.8, 4) is 5.75 Å². The van der Waals surface area contributed by atoms with E-state index in [4.69, 9.17) is 0 Å². The van der Waals surface area contributed by atoms with Crippen LogP contribution < -0.4 is 5.32 Å². The van der Waals surface area contributed by atoms with Crippen molar-refractivity contribution in [3.63, 3.8) is 0 Å². The van der Waals surface area contributed by atoms with Crippen LogP contribution >= 0.6 is 0 Å². The Hall–Kier alpha value is -3.33. The highest BCUT2D eigenvalue weighted by atomic mass is 16.3. The fourth-order valence-corrected chi connectivity index (χ4v) is 3.32. The van der Waals surface area contributed by atoms with Crippen molar-refractivity contribution in [2.45, 2.75) is 19.9 Å². The molecule has 0 bridgehead atoms. The van der Waals surface area contributed by atoms with Crippen molar-refractivity contribution in [2.24, 2.45) is 0 Å². The van der Waals surface area contributed by atoms with Gasteiger partial charge in [-0.05, 0) is 37.6 Å². The number of phenolic OH excluding ortho intramolecular Hbond substituents is 1. The van der Waals surface area contributed by atoms with Crippen LogP contribution in [-0.2, 0) is 0 Å². The van der Waals surface area contributed by atoms with Crippen LogP contribution in [0.5, 0.6) is 5.75 Å². The van der Waals surface area contributed by atoms with Gasteiger partial charge in [0.2, 0.25) is 0 Å². The van der Waals surface area contributed by atoms with E-state index in [1.54, 1.807) is 0 Å². The first-order chi connectivity index (χ1) is 13.1. The molecule has 0 aliphatic carbocycles. The molecule has 1 atom stereocenters. The number of pyridine rings is 1. The summed E-state index contributed by atoms with van der Waals surface area (Å²) in [6.07, 6.45) is 0. The molecule has 4 rings (SSSR count). The Morgan fingerprint density at radius 2 is 1.52 bits per heavy atom. The summed E-state index contributed by atoms with van der Waals surface area (Å²) in [7, 11) is 0. The Balaban J connectivity index is 1.84. The number of hydrogen-bond donors (Lipinski definition) is 2. The highest BCUT2D eigenvalue weighted by Crippen LogP contribution is 2.36. The van der Waals surface area contributed by atoms with Crippen LogP contribution in [0.1, 0.15) is 28.4 Å². The van der Waals surface area contributed by atoms with E-state index in [1.807, 2.05) is 49.4 Å². The van der Waals surface area contributed by atoms with Crippen molar-refractivity contribution in [1.29, 1.82) is 0 Å². The third-order valence-corrected chi connectivity index (χ3v) is 4.81. The molecule has 0 saturated heterocycles. The first-order valence-corrected chi connectivity index (χ1v) is 9.09. The SMILES string of the molecule is Cc1ccc(NC(c2ccccc2)c2ccc3ccc(C)nc3c2O)cc1. The molecule has 0 amide bonds. The summed E-state index contributed by atoms with van der Waals surface area (Å²) in [5, 5.41) is 15.5. The van der Waals surface area contributed by atoms with Gasteiger partial charge >= 0.3 is 0 Å². The topological polar surface area (TPSA) is 45.2 Å².